The molecular weight excluding hydrogens is 212 g/mol. The molecule has 2 aliphatic rings. The maximum absolute atomic E-state index is 5.76. The van der Waals surface area contributed by atoms with Gasteiger partial charge < -0.3 is 15.4 Å². The molecule has 1 aromatic rings. The number of hydrogen-bond acceptors (Lipinski definition) is 3. The van der Waals surface area contributed by atoms with Gasteiger partial charge in [-0.3, -0.25) is 0 Å². The Morgan fingerprint density at radius 1 is 0.941 bits per heavy atom. The molecule has 0 atom stereocenters. The Labute approximate surface area is 103 Å². The van der Waals surface area contributed by atoms with Gasteiger partial charge in [0.25, 0.3) is 0 Å². The van der Waals surface area contributed by atoms with Gasteiger partial charge in [0.2, 0.25) is 0 Å². The number of hydrogen-bond donors (Lipinski definition) is 1. The van der Waals surface area contributed by atoms with E-state index in [4.69, 9.17) is 10.5 Å². The first-order valence-corrected chi connectivity index (χ1v) is 6.56. The maximum Gasteiger partial charge on any atom is 0.0485 e. The summed E-state index contributed by atoms with van der Waals surface area (Å²) in [6, 6.07) is 9.72. The SMILES string of the molecule is Nc1ccc(N(C2CCOCC2)C2CC2)cc1. The molecule has 0 bridgehead atoms. The Hall–Kier alpha value is -1.22. The topological polar surface area (TPSA) is 38.5 Å². The lowest BCUT2D eigenvalue weighted by Crippen LogP contribution is -2.41. The molecule has 1 saturated carbocycles. The highest BCUT2D eigenvalue weighted by Crippen LogP contribution is 2.36. The van der Waals surface area contributed by atoms with E-state index in [1.807, 2.05) is 12.1 Å². The lowest BCUT2D eigenvalue weighted by atomic mass is 10.1. The number of rotatable bonds is 3. The molecule has 0 radical (unpaired) electrons. The van der Waals surface area contributed by atoms with Crippen molar-refractivity contribution in [1.82, 2.24) is 0 Å². The average Bonchev–Trinajstić information content (AvgIpc) is 3.18. The molecule has 1 aliphatic heterocycles. The van der Waals surface area contributed by atoms with E-state index in [0.29, 0.717) is 6.04 Å². The van der Waals surface area contributed by atoms with Crippen LogP contribution in [0, 0.1) is 0 Å². The summed E-state index contributed by atoms with van der Waals surface area (Å²) in [7, 11) is 0. The number of nitrogens with two attached hydrogens (primary N) is 1. The van der Waals surface area contributed by atoms with Gasteiger partial charge in [0, 0.05) is 36.7 Å². The Kier molecular flexibility index (Phi) is 2.93. The third-order valence-electron chi connectivity index (χ3n) is 3.72. The van der Waals surface area contributed by atoms with E-state index in [2.05, 4.69) is 17.0 Å². The zero-order valence-corrected chi connectivity index (χ0v) is 10.1. The molecule has 2 N–H and O–H groups in total. The Bertz CT molecular complexity index is 366. The maximum atomic E-state index is 5.76. The number of anilines is 2. The molecule has 0 amide bonds. The van der Waals surface area contributed by atoms with Crippen LogP contribution in [-0.4, -0.2) is 25.3 Å². The summed E-state index contributed by atoms with van der Waals surface area (Å²) < 4.78 is 5.46. The fourth-order valence-corrected chi connectivity index (χ4v) is 2.68. The van der Waals surface area contributed by atoms with Crippen molar-refractivity contribution in [3.63, 3.8) is 0 Å². The molecule has 1 aromatic carbocycles. The number of nitrogens with zero attached hydrogens (tertiary/aromatic N) is 1. The second-order valence-corrected chi connectivity index (χ2v) is 5.07. The predicted molar refractivity (Wildman–Crippen MR) is 70.2 cm³/mol. The lowest BCUT2D eigenvalue weighted by Gasteiger charge is -2.36. The Morgan fingerprint density at radius 2 is 1.53 bits per heavy atom. The van der Waals surface area contributed by atoms with Gasteiger partial charge in [0.05, 0.1) is 0 Å². The van der Waals surface area contributed by atoms with E-state index >= 15 is 0 Å². The van der Waals surface area contributed by atoms with Crippen molar-refractivity contribution < 1.29 is 4.74 Å². The molecule has 0 aromatic heterocycles. The van der Waals surface area contributed by atoms with Crippen LogP contribution in [0.25, 0.3) is 0 Å². The van der Waals surface area contributed by atoms with Crippen molar-refractivity contribution in [2.45, 2.75) is 37.8 Å². The third-order valence-corrected chi connectivity index (χ3v) is 3.72. The Morgan fingerprint density at radius 3 is 2.12 bits per heavy atom. The van der Waals surface area contributed by atoms with E-state index in [1.165, 1.54) is 18.5 Å². The molecule has 3 rings (SSSR count). The summed E-state index contributed by atoms with van der Waals surface area (Å²) in [5, 5.41) is 0. The molecule has 3 heteroatoms. The van der Waals surface area contributed by atoms with Crippen LogP contribution in [-0.2, 0) is 4.74 Å². The zero-order valence-electron chi connectivity index (χ0n) is 10.1. The van der Waals surface area contributed by atoms with Gasteiger partial charge in [-0.25, -0.2) is 0 Å². The fraction of sp³-hybridized carbons (Fsp3) is 0.571. The van der Waals surface area contributed by atoms with Crippen LogP contribution in [0.4, 0.5) is 11.4 Å². The van der Waals surface area contributed by atoms with Crippen LogP contribution < -0.4 is 10.6 Å². The van der Waals surface area contributed by atoms with Gasteiger partial charge in [-0.1, -0.05) is 0 Å². The molecule has 92 valence electrons. The van der Waals surface area contributed by atoms with Gasteiger partial charge in [0.1, 0.15) is 0 Å². The summed E-state index contributed by atoms with van der Waals surface area (Å²) in [6.45, 7) is 1.81. The highest BCUT2D eigenvalue weighted by molar-refractivity contribution is 5.55. The molecule has 0 unspecified atom stereocenters. The molecule has 2 fully saturated rings. The van der Waals surface area contributed by atoms with Gasteiger partial charge in [-0.15, -0.1) is 0 Å². The van der Waals surface area contributed by atoms with Crippen LogP contribution in [0.2, 0.25) is 0 Å². The predicted octanol–water partition coefficient (Wildman–Crippen LogP) is 2.42. The van der Waals surface area contributed by atoms with Crippen LogP contribution in [0.15, 0.2) is 24.3 Å². The summed E-state index contributed by atoms with van der Waals surface area (Å²) in [6.07, 6.45) is 4.98. The fourth-order valence-electron chi connectivity index (χ4n) is 2.68. The van der Waals surface area contributed by atoms with E-state index in [-0.39, 0.29) is 0 Å². The summed E-state index contributed by atoms with van der Waals surface area (Å²) in [4.78, 5) is 2.60. The monoisotopic (exact) mass is 232 g/mol. The third kappa shape index (κ3) is 2.39. The molecule has 3 nitrogen and oxygen atoms in total. The number of benzene rings is 1. The highest BCUT2D eigenvalue weighted by Gasteiger charge is 2.34. The number of nitrogen functional groups attached to an aromatic ring is 1. The van der Waals surface area contributed by atoms with Crippen LogP contribution in [0.3, 0.4) is 0 Å². The van der Waals surface area contributed by atoms with Gasteiger partial charge in [-0.05, 0) is 49.9 Å². The summed E-state index contributed by atoms with van der Waals surface area (Å²) in [5.74, 6) is 0. The molecular formula is C14H20N2O. The standard InChI is InChI=1S/C14H20N2O/c15-11-1-3-12(4-2-11)16(13-5-6-13)14-7-9-17-10-8-14/h1-4,13-14H,5-10,15H2. The second kappa shape index (κ2) is 4.57. The van der Waals surface area contributed by atoms with Crippen LogP contribution >= 0.6 is 0 Å². The lowest BCUT2D eigenvalue weighted by molar-refractivity contribution is 0.0841. The second-order valence-electron chi connectivity index (χ2n) is 5.07. The normalized spacial score (nSPS) is 21.4. The van der Waals surface area contributed by atoms with Crippen LogP contribution in [0.1, 0.15) is 25.7 Å². The molecule has 1 heterocycles. The highest BCUT2D eigenvalue weighted by atomic mass is 16.5. The van der Waals surface area contributed by atoms with Crippen molar-refractivity contribution in [1.29, 1.82) is 0 Å². The smallest absolute Gasteiger partial charge is 0.0485 e. The molecule has 1 aliphatic carbocycles. The molecule has 1 saturated heterocycles. The minimum atomic E-state index is 0.653. The van der Waals surface area contributed by atoms with Crippen molar-refractivity contribution >= 4 is 11.4 Å². The molecule has 0 spiro atoms. The summed E-state index contributed by atoms with van der Waals surface area (Å²) in [5.41, 5.74) is 7.93. The van der Waals surface area contributed by atoms with Crippen molar-refractivity contribution in [3.05, 3.63) is 24.3 Å². The zero-order chi connectivity index (χ0) is 11.7. The van der Waals surface area contributed by atoms with Gasteiger partial charge in [0.15, 0.2) is 0 Å². The minimum Gasteiger partial charge on any atom is -0.399 e. The largest absolute Gasteiger partial charge is 0.399 e. The van der Waals surface area contributed by atoms with Gasteiger partial charge in [-0.2, -0.15) is 0 Å². The van der Waals surface area contributed by atoms with Gasteiger partial charge >= 0.3 is 0 Å². The first kappa shape index (κ1) is 10.9. The average molecular weight is 232 g/mol. The quantitative estimate of drug-likeness (QED) is 0.813. The van der Waals surface area contributed by atoms with E-state index in [9.17, 15) is 0 Å². The van der Waals surface area contributed by atoms with Crippen molar-refractivity contribution in [2.75, 3.05) is 23.8 Å². The summed E-state index contributed by atoms with van der Waals surface area (Å²) >= 11 is 0. The molecule has 17 heavy (non-hydrogen) atoms. The van der Waals surface area contributed by atoms with Crippen molar-refractivity contribution in [3.8, 4) is 0 Å². The first-order chi connectivity index (χ1) is 8.34. The number of ether oxygens (including phenoxy) is 1. The minimum absolute atomic E-state index is 0.653. The van der Waals surface area contributed by atoms with E-state index in [1.54, 1.807) is 0 Å². The first-order valence-electron chi connectivity index (χ1n) is 6.56. The Balaban J connectivity index is 1.81. The van der Waals surface area contributed by atoms with Crippen LogP contribution in [0.5, 0.6) is 0 Å². The van der Waals surface area contributed by atoms with E-state index < -0.39 is 0 Å². The van der Waals surface area contributed by atoms with Crippen molar-refractivity contribution in [2.24, 2.45) is 0 Å². The van der Waals surface area contributed by atoms with E-state index in [0.717, 1.165) is 37.8 Å².